The highest BCUT2D eigenvalue weighted by Gasteiger charge is 2.45. The Morgan fingerprint density at radius 2 is 1.76 bits per heavy atom. The first kappa shape index (κ1) is 28.0. The summed E-state index contributed by atoms with van der Waals surface area (Å²) in [6.45, 7) is 0. The molecule has 11 nitrogen and oxygen atoms in total. The normalized spacial score (nSPS) is 15.6. The Balaban J connectivity index is 2.47. The number of anilines is 1. The SMILES string of the molecule is COC(=O)C1=C(C(=O)OC)N(c2cc(Br)c(OC(F)(F)F)cc2[N+](=O)[O-])C(N)=C(C#N)C1c1ccccc1. The van der Waals surface area contributed by atoms with Crippen molar-refractivity contribution in [1.82, 2.24) is 0 Å². The van der Waals surface area contributed by atoms with E-state index in [4.69, 9.17) is 15.2 Å². The highest BCUT2D eigenvalue weighted by Crippen LogP contribution is 2.47. The number of halogens is 4. The average molecular weight is 597 g/mol. The molecule has 1 heterocycles. The van der Waals surface area contributed by atoms with Crippen molar-refractivity contribution < 1.29 is 41.9 Å². The molecule has 2 aromatic rings. The van der Waals surface area contributed by atoms with Crippen LogP contribution < -0.4 is 15.4 Å². The molecule has 1 unspecified atom stereocenters. The van der Waals surface area contributed by atoms with Gasteiger partial charge in [0.2, 0.25) is 0 Å². The summed E-state index contributed by atoms with van der Waals surface area (Å²) < 4.78 is 51.7. The topological polar surface area (TPSA) is 158 Å². The van der Waals surface area contributed by atoms with Crippen LogP contribution in [0.25, 0.3) is 0 Å². The Morgan fingerprint density at radius 1 is 1.16 bits per heavy atom. The van der Waals surface area contributed by atoms with Crippen LogP contribution in [0.1, 0.15) is 11.5 Å². The fraction of sp³-hybridized carbons (Fsp3) is 0.174. The Bertz CT molecular complexity index is 1420. The summed E-state index contributed by atoms with van der Waals surface area (Å²) in [6, 6.07) is 11.1. The summed E-state index contributed by atoms with van der Waals surface area (Å²) in [5.41, 5.74) is 3.65. The molecule has 0 radical (unpaired) electrons. The number of hydrogen-bond donors (Lipinski definition) is 1. The molecule has 1 aliphatic heterocycles. The minimum absolute atomic E-state index is 0.301. The lowest BCUT2D eigenvalue weighted by Gasteiger charge is -2.35. The molecule has 1 atom stereocenters. The van der Waals surface area contributed by atoms with Crippen molar-refractivity contribution in [3.05, 3.63) is 85.3 Å². The molecule has 0 amide bonds. The Labute approximate surface area is 220 Å². The average Bonchev–Trinajstić information content (AvgIpc) is 2.87. The summed E-state index contributed by atoms with van der Waals surface area (Å²) in [4.78, 5) is 37.7. The predicted molar refractivity (Wildman–Crippen MR) is 127 cm³/mol. The van der Waals surface area contributed by atoms with Crippen molar-refractivity contribution in [2.45, 2.75) is 12.3 Å². The molecule has 0 fully saturated rings. The highest BCUT2D eigenvalue weighted by atomic mass is 79.9. The number of allylic oxidation sites excluding steroid dienone is 1. The number of rotatable bonds is 6. The minimum Gasteiger partial charge on any atom is -0.466 e. The van der Waals surface area contributed by atoms with Crippen LogP contribution in [0.5, 0.6) is 5.75 Å². The van der Waals surface area contributed by atoms with Crippen LogP contribution in [0.4, 0.5) is 24.5 Å². The monoisotopic (exact) mass is 596 g/mol. The van der Waals surface area contributed by atoms with Gasteiger partial charge in [-0.3, -0.25) is 15.0 Å². The van der Waals surface area contributed by atoms with E-state index in [1.54, 1.807) is 30.3 Å². The van der Waals surface area contributed by atoms with Gasteiger partial charge in [-0.1, -0.05) is 30.3 Å². The summed E-state index contributed by atoms with van der Waals surface area (Å²) >= 11 is 2.86. The van der Waals surface area contributed by atoms with Crippen molar-refractivity contribution in [3.63, 3.8) is 0 Å². The molecule has 198 valence electrons. The van der Waals surface area contributed by atoms with Crippen LogP contribution >= 0.6 is 15.9 Å². The van der Waals surface area contributed by atoms with Crippen molar-refractivity contribution in [3.8, 4) is 11.8 Å². The number of benzene rings is 2. The third-order valence-corrected chi connectivity index (χ3v) is 5.92. The van der Waals surface area contributed by atoms with E-state index in [1.165, 1.54) is 0 Å². The smallest absolute Gasteiger partial charge is 0.466 e. The van der Waals surface area contributed by atoms with E-state index in [-0.39, 0.29) is 5.57 Å². The van der Waals surface area contributed by atoms with E-state index in [0.29, 0.717) is 16.5 Å². The van der Waals surface area contributed by atoms with Crippen molar-refractivity contribution in [1.29, 1.82) is 5.26 Å². The van der Waals surface area contributed by atoms with Gasteiger partial charge in [-0.15, -0.1) is 13.2 Å². The maximum atomic E-state index is 13.1. The first-order chi connectivity index (χ1) is 17.9. The molecule has 0 saturated heterocycles. The number of ether oxygens (including phenoxy) is 3. The van der Waals surface area contributed by atoms with Gasteiger partial charge in [0.15, 0.2) is 5.75 Å². The Hall–Kier alpha value is -4.58. The van der Waals surface area contributed by atoms with Crippen molar-refractivity contribution in [2.24, 2.45) is 5.73 Å². The third kappa shape index (κ3) is 5.25. The molecule has 2 N–H and O–H groups in total. The van der Waals surface area contributed by atoms with Gasteiger partial charge >= 0.3 is 18.3 Å². The van der Waals surface area contributed by atoms with Gasteiger partial charge in [0.25, 0.3) is 5.69 Å². The van der Waals surface area contributed by atoms with E-state index in [1.807, 2.05) is 6.07 Å². The molecule has 1 aliphatic rings. The standard InChI is InChI=1S/C23H16BrF3N4O7/c1-36-21(32)18-17(11-6-4-3-5-7-11)12(10-28)20(29)30(19(18)22(33)37-2)14-8-13(24)16(38-23(25,26)27)9-15(14)31(34)35/h3-9,17H,29H2,1-2H3. The fourth-order valence-electron chi connectivity index (χ4n) is 3.82. The lowest BCUT2D eigenvalue weighted by molar-refractivity contribution is -0.384. The molecule has 38 heavy (non-hydrogen) atoms. The zero-order valence-corrected chi connectivity index (χ0v) is 21.0. The van der Waals surface area contributed by atoms with Gasteiger partial charge < -0.3 is 19.9 Å². The molecule has 0 aromatic heterocycles. The molecule has 0 spiro atoms. The van der Waals surface area contributed by atoms with Gasteiger partial charge in [0, 0.05) is 0 Å². The predicted octanol–water partition coefficient (Wildman–Crippen LogP) is 4.15. The number of carbonyl (C=O) groups excluding carboxylic acids is 2. The van der Waals surface area contributed by atoms with Crippen LogP contribution in [0.2, 0.25) is 0 Å². The summed E-state index contributed by atoms with van der Waals surface area (Å²) in [6.07, 6.45) is -5.19. The fourth-order valence-corrected chi connectivity index (χ4v) is 4.24. The van der Waals surface area contributed by atoms with E-state index in [2.05, 4.69) is 20.7 Å². The van der Waals surface area contributed by atoms with Crippen LogP contribution in [0, 0.1) is 21.4 Å². The second-order valence-corrected chi connectivity index (χ2v) is 8.27. The van der Waals surface area contributed by atoms with Crippen LogP contribution in [0.15, 0.2) is 69.6 Å². The molecule has 2 aromatic carbocycles. The van der Waals surface area contributed by atoms with Crippen LogP contribution in [-0.4, -0.2) is 37.4 Å². The van der Waals surface area contributed by atoms with E-state index < -0.39 is 67.8 Å². The lowest BCUT2D eigenvalue weighted by atomic mass is 9.81. The number of nitrogens with two attached hydrogens (primary N) is 1. The van der Waals surface area contributed by atoms with Crippen molar-refractivity contribution in [2.75, 3.05) is 19.1 Å². The van der Waals surface area contributed by atoms with Gasteiger partial charge in [-0.05, 0) is 27.6 Å². The van der Waals surface area contributed by atoms with Crippen molar-refractivity contribution >= 4 is 39.2 Å². The first-order valence-electron chi connectivity index (χ1n) is 10.3. The number of nitro groups is 1. The molecule has 0 aliphatic carbocycles. The van der Waals surface area contributed by atoms with Gasteiger partial charge in [0.1, 0.15) is 17.2 Å². The maximum Gasteiger partial charge on any atom is 0.573 e. The second-order valence-electron chi connectivity index (χ2n) is 7.41. The lowest BCUT2D eigenvalue weighted by Crippen LogP contribution is -2.41. The summed E-state index contributed by atoms with van der Waals surface area (Å²) in [7, 11) is 1.97. The third-order valence-electron chi connectivity index (χ3n) is 5.30. The number of carbonyl (C=O) groups is 2. The van der Waals surface area contributed by atoms with Crippen LogP contribution in [0.3, 0.4) is 0 Å². The number of nitrogens with zero attached hydrogens (tertiary/aromatic N) is 3. The largest absolute Gasteiger partial charge is 0.573 e. The molecular weight excluding hydrogens is 581 g/mol. The van der Waals surface area contributed by atoms with E-state index in [0.717, 1.165) is 20.3 Å². The zero-order valence-electron chi connectivity index (χ0n) is 19.4. The number of hydrogen-bond acceptors (Lipinski definition) is 10. The highest BCUT2D eigenvalue weighted by molar-refractivity contribution is 9.10. The second kappa shape index (κ2) is 10.8. The minimum atomic E-state index is -5.19. The number of alkyl halides is 3. The van der Waals surface area contributed by atoms with Crippen LogP contribution in [-0.2, 0) is 19.1 Å². The van der Waals surface area contributed by atoms with Gasteiger partial charge in [-0.2, -0.15) is 5.26 Å². The summed E-state index contributed by atoms with van der Waals surface area (Å²) in [5, 5.41) is 22.0. The van der Waals surface area contributed by atoms with Gasteiger partial charge in [0.05, 0.1) is 52.8 Å². The molecule has 0 saturated carbocycles. The molecular formula is C23H16BrF3N4O7. The molecule has 3 rings (SSSR count). The van der Waals surface area contributed by atoms with Gasteiger partial charge in [-0.25, -0.2) is 9.59 Å². The van der Waals surface area contributed by atoms with E-state index >= 15 is 0 Å². The quantitative estimate of drug-likeness (QED) is 0.291. The number of nitriles is 1. The number of methoxy groups -OCH3 is 2. The Kier molecular flexibility index (Phi) is 7.96. The number of nitro benzene ring substituents is 1. The zero-order chi connectivity index (χ0) is 28.4. The Morgan fingerprint density at radius 3 is 2.26 bits per heavy atom. The summed E-state index contributed by atoms with van der Waals surface area (Å²) in [5.74, 6) is -5.04. The number of esters is 2. The van der Waals surface area contributed by atoms with E-state index in [9.17, 15) is 38.1 Å². The first-order valence-corrected chi connectivity index (χ1v) is 11.0. The molecule has 0 bridgehead atoms. The molecule has 15 heteroatoms. The maximum absolute atomic E-state index is 13.1.